The van der Waals surface area contributed by atoms with Crippen molar-refractivity contribution >= 4 is 17.7 Å². The van der Waals surface area contributed by atoms with E-state index in [9.17, 15) is 0 Å². The van der Waals surface area contributed by atoms with Crippen molar-refractivity contribution in [3.63, 3.8) is 0 Å². The molecule has 13 heavy (non-hydrogen) atoms. The van der Waals surface area contributed by atoms with Gasteiger partial charge in [0.15, 0.2) is 0 Å². The molecule has 0 radical (unpaired) electrons. The molecule has 0 nitrogen and oxygen atoms in total. The second-order valence-corrected chi connectivity index (χ2v) is 3.96. The molecule has 0 saturated heterocycles. The molecule has 0 spiro atoms. The number of rotatable bonds is 4. The van der Waals surface area contributed by atoms with Crippen molar-refractivity contribution in [2.24, 2.45) is 0 Å². The van der Waals surface area contributed by atoms with Gasteiger partial charge < -0.3 is 0 Å². The standard InChI is InChI=1S/C12H17.Li/c1-3-4-5-8-12-9-6-7-11(2)10-12;/h6-10H,3-5H2,1-2H3;. The molecule has 0 bridgehead atoms. The van der Waals surface area contributed by atoms with E-state index in [1.54, 1.807) is 0 Å². The van der Waals surface area contributed by atoms with Crippen LogP contribution in [-0.2, 0) is 0 Å². The average molecular weight is 168 g/mol. The molecule has 0 aliphatic rings. The molecule has 0 N–H and O–H groups in total. The zero-order valence-corrected chi connectivity index (χ0v) is 9.01. The van der Waals surface area contributed by atoms with Gasteiger partial charge in [0.25, 0.3) is 0 Å². The summed E-state index contributed by atoms with van der Waals surface area (Å²) in [6.07, 6.45) is 3.96. The summed E-state index contributed by atoms with van der Waals surface area (Å²) in [4.78, 5) is 0. The Labute approximate surface area is 90.9 Å². The maximum atomic E-state index is 2.32. The van der Waals surface area contributed by atoms with E-state index in [1.165, 1.54) is 30.4 Å². The zero-order chi connectivity index (χ0) is 9.68. The minimum absolute atomic E-state index is 0.722. The summed E-state index contributed by atoms with van der Waals surface area (Å²) in [5.41, 5.74) is 2.87. The number of benzene rings is 1. The van der Waals surface area contributed by atoms with E-state index >= 15 is 0 Å². The maximum absolute atomic E-state index is 2.32. The second-order valence-electron chi connectivity index (χ2n) is 3.96. The molecule has 66 valence electrons. The fourth-order valence-electron chi connectivity index (χ4n) is 1.65. The van der Waals surface area contributed by atoms with Crippen molar-refractivity contribution in [3.05, 3.63) is 35.4 Å². The Hall–Kier alpha value is -0.183. The van der Waals surface area contributed by atoms with Crippen molar-refractivity contribution in [3.8, 4) is 0 Å². The molecule has 0 aliphatic carbocycles. The van der Waals surface area contributed by atoms with Gasteiger partial charge in [-0.15, -0.1) is 0 Å². The summed E-state index contributed by atoms with van der Waals surface area (Å²) >= 11 is 2.32. The van der Waals surface area contributed by atoms with Gasteiger partial charge in [-0.2, -0.15) is 0 Å². The van der Waals surface area contributed by atoms with Gasteiger partial charge in [-0.1, -0.05) is 0 Å². The third kappa shape index (κ3) is 3.59. The van der Waals surface area contributed by atoms with Gasteiger partial charge in [0.1, 0.15) is 0 Å². The Morgan fingerprint density at radius 1 is 1.38 bits per heavy atom. The first kappa shape index (κ1) is 10.9. The van der Waals surface area contributed by atoms with Crippen molar-refractivity contribution < 1.29 is 0 Å². The van der Waals surface area contributed by atoms with E-state index in [1.807, 2.05) is 0 Å². The van der Waals surface area contributed by atoms with Crippen LogP contribution in [0.1, 0.15) is 41.9 Å². The molecule has 1 aromatic rings. The second kappa shape index (κ2) is 5.53. The average Bonchev–Trinajstić information content (AvgIpc) is 2.14. The van der Waals surface area contributed by atoms with Crippen LogP contribution in [0.3, 0.4) is 0 Å². The Bertz CT molecular complexity index is 255. The molecule has 1 heteroatoms. The molecule has 1 atom stereocenters. The summed E-state index contributed by atoms with van der Waals surface area (Å²) in [7, 11) is 0. The van der Waals surface area contributed by atoms with Crippen LogP contribution in [0, 0.1) is 6.92 Å². The van der Waals surface area contributed by atoms with Crippen molar-refractivity contribution in [2.75, 3.05) is 0 Å². The fourth-order valence-corrected chi connectivity index (χ4v) is 1.65. The Balaban J connectivity index is 2.60. The first-order valence-electron chi connectivity index (χ1n) is 5.30. The van der Waals surface area contributed by atoms with Gasteiger partial charge in [0, 0.05) is 0 Å². The Kier molecular flexibility index (Phi) is 4.63. The molecule has 0 aliphatic heterocycles. The van der Waals surface area contributed by atoms with E-state index in [4.69, 9.17) is 0 Å². The van der Waals surface area contributed by atoms with E-state index in [-0.39, 0.29) is 0 Å². The number of hydrogen-bond donors (Lipinski definition) is 0. The number of unbranched alkanes of at least 4 members (excludes halogenated alkanes) is 1. The van der Waals surface area contributed by atoms with Crippen LogP contribution in [-0.4, -0.2) is 17.7 Å². The summed E-state index contributed by atoms with van der Waals surface area (Å²) < 4.78 is 0.722. The van der Waals surface area contributed by atoms with Gasteiger partial charge in [0.05, 0.1) is 0 Å². The molecule has 0 fully saturated rings. The molecular formula is C12H17Li. The summed E-state index contributed by atoms with van der Waals surface area (Å²) in [5, 5.41) is 0. The molecule has 1 aromatic carbocycles. The van der Waals surface area contributed by atoms with Gasteiger partial charge in [-0.05, 0) is 0 Å². The first-order valence-corrected chi connectivity index (χ1v) is 5.30. The van der Waals surface area contributed by atoms with Crippen LogP contribution >= 0.6 is 0 Å². The van der Waals surface area contributed by atoms with Crippen molar-refractivity contribution in [1.29, 1.82) is 0 Å². The molecule has 0 heterocycles. The topological polar surface area (TPSA) is 0 Å². The first-order chi connectivity index (χ1) is 6.24. The van der Waals surface area contributed by atoms with Crippen LogP contribution in [0.15, 0.2) is 24.3 Å². The molecule has 1 rings (SSSR count). The van der Waals surface area contributed by atoms with E-state index in [0.717, 1.165) is 4.59 Å². The molecular weight excluding hydrogens is 151 g/mol. The molecule has 0 aromatic heterocycles. The van der Waals surface area contributed by atoms with Gasteiger partial charge >= 0.3 is 90.8 Å². The predicted molar refractivity (Wildman–Crippen MR) is 59.2 cm³/mol. The van der Waals surface area contributed by atoms with Crippen molar-refractivity contribution in [2.45, 2.75) is 37.7 Å². The molecule has 0 saturated carbocycles. The van der Waals surface area contributed by atoms with Gasteiger partial charge in [-0.3, -0.25) is 0 Å². The zero-order valence-electron chi connectivity index (χ0n) is 9.01. The van der Waals surface area contributed by atoms with E-state index in [0.29, 0.717) is 0 Å². The third-order valence-electron chi connectivity index (χ3n) is 2.60. The Morgan fingerprint density at radius 2 is 2.15 bits per heavy atom. The number of hydrogen-bond acceptors (Lipinski definition) is 0. The van der Waals surface area contributed by atoms with Crippen LogP contribution in [0.5, 0.6) is 0 Å². The monoisotopic (exact) mass is 168 g/mol. The predicted octanol–water partition coefficient (Wildman–Crippen LogP) is 3.39. The fraction of sp³-hybridized carbons (Fsp3) is 0.500. The van der Waals surface area contributed by atoms with Crippen LogP contribution in [0.4, 0.5) is 0 Å². The van der Waals surface area contributed by atoms with Crippen molar-refractivity contribution in [1.82, 2.24) is 0 Å². The summed E-state index contributed by atoms with van der Waals surface area (Å²) in [6, 6.07) is 8.87. The Morgan fingerprint density at radius 3 is 2.77 bits per heavy atom. The van der Waals surface area contributed by atoms with Crippen LogP contribution in [0.2, 0.25) is 0 Å². The normalized spacial score (nSPS) is 12.9. The molecule has 1 unspecified atom stereocenters. The SMILES string of the molecule is [Li][CH](CCCC)c1cccc(C)c1. The summed E-state index contributed by atoms with van der Waals surface area (Å²) in [6.45, 7) is 4.42. The van der Waals surface area contributed by atoms with Gasteiger partial charge in [0.2, 0.25) is 0 Å². The quantitative estimate of drug-likeness (QED) is 0.604. The van der Waals surface area contributed by atoms with E-state index in [2.05, 4.69) is 55.8 Å². The van der Waals surface area contributed by atoms with Crippen LogP contribution < -0.4 is 0 Å². The summed E-state index contributed by atoms with van der Waals surface area (Å²) in [5.74, 6) is 0. The molecule has 0 amide bonds. The van der Waals surface area contributed by atoms with Crippen LogP contribution in [0.25, 0.3) is 0 Å². The van der Waals surface area contributed by atoms with Gasteiger partial charge in [-0.25, -0.2) is 0 Å². The van der Waals surface area contributed by atoms with E-state index < -0.39 is 0 Å². The minimum atomic E-state index is 0.722. The number of aryl methyl sites for hydroxylation is 1. The third-order valence-corrected chi connectivity index (χ3v) is 2.60.